The lowest BCUT2D eigenvalue weighted by Gasteiger charge is -2.13. The van der Waals surface area contributed by atoms with Gasteiger partial charge in [0.15, 0.2) is 11.5 Å². The van der Waals surface area contributed by atoms with Gasteiger partial charge in [0.25, 0.3) is 0 Å². The second kappa shape index (κ2) is 7.89. The van der Waals surface area contributed by atoms with Gasteiger partial charge in [-0.3, -0.25) is 0 Å². The van der Waals surface area contributed by atoms with Crippen LogP contribution in [0.15, 0.2) is 59.6 Å². The summed E-state index contributed by atoms with van der Waals surface area (Å²) in [7, 11) is 1.64. The molecule has 0 saturated carbocycles. The summed E-state index contributed by atoms with van der Waals surface area (Å²) in [5, 5.41) is 0. The molecule has 0 spiro atoms. The molecule has 2 nitrogen and oxygen atoms in total. The molecule has 0 fully saturated rings. The summed E-state index contributed by atoms with van der Waals surface area (Å²) in [4.78, 5) is 0. The highest BCUT2D eigenvalue weighted by Crippen LogP contribution is 2.35. The van der Waals surface area contributed by atoms with Gasteiger partial charge in [-0.25, -0.2) is 0 Å². The third-order valence-electron chi connectivity index (χ3n) is 3.17. The Morgan fingerprint density at radius 2 is 1.90 bits per heavy atom. The Morgan fingerprint density at radius 1 is 1.10 bits per heavy atom. The van der Waals surface area contributed by atoms with Crippen LogP contribution in [0.4, 0.5) is 0 Å². The van der Waals surface area contributed by atoms with Crippen LogP contribution < -0.4 is 9.47 Å². The minimum Gasteiger partial charge on any atom is -0.493 e. The molecular formula is C18H19BrO2. The average Bonchev–Trinajstić information content (AvgIpc) is 2.49. The van der Waals surface area contributed by atoms with Crippen LogP contribution >= 0.6 is 15.9 Å². The Balaban J connectivity index is 2.23. The fourth-order valence-corrected chi connectivity index (χ4v) is 2.44. The van der Waals surface area contributed by atoms with Crippen LogP contribution in [0.3, 0.4) is 0 Å². The van der Waals surface area contributed by atoms with Crippen molar-refractivity contribution in [3.8, 4) is 17.2 Å². The van der Waals surface area contributed by atoms with E-state index in [9.17, 15) is 0 Å². The van der Waals surface area contributed by atoms with Crippen LogP contribution in [0.25, 0.3) is 0 Å². The Morgan fingerprint density at radius 3 is 2.67 bits per heavy atom. The number of hydrogen-bond donors (Lipinski definition) is 0. The molecule has 3 heteroatoms. The minimum absolute atomic E-state index is 0.711. The summed E-state index contributed by atoms with van der Waals surface area (Å²) in [5.74, 6) is 2.31. The number of ether oxygens (including phenoxy) is 2. The molecule has 0 aliphatic heterocycles. The fourth-order valence-electron chi connectivity index (χ4n) is 2.10. The van der Waals surface area contributed by atoms with E-state index in [-0.39, 0.29) is 0 Å². The molecule has 2 rings (SSSR count). The standard InChI is InChI=1S/C18H19BrO2/c1-3-4-5-8-14-9-6-7-10-16(14)21-18-13-15(19)11-12-17(18)20-2/h3,6-7,9-13H,1,4-5,8H2,2H3. The highest BCUT2D eigenvalue weighted by atomic mass is 79.9. The number of unbranched alkanes of at least 4 members (excludes halogenated alkanes) is 1. The van der Waals surface area contributed by atoms with Crippen molar-refractivity contribution in [2.24, 2.45) is 0 Å². The number of para-hydroxylation sites is 1. The zero-order valence-electron chi connectivity index (χ0n) is 12.1. The number of rotatable bonds is 7. The van der Waals surface area contributed by atoms with Crippen molar-refractivity contribution in [1.29, 1.82) is 0 Å². The van der Waals surface area contributed by atoms with Gasteiger partial charge >= 0.3 is 0 Å². The Bertz CT molecular complexity index is 608. The first-order chi connectivity index (χ1) is 10.2. The average molecular weight is 347 g/mol. The van der Waals surface area contributed by atoms with Crippen molar-refractivity contribution in [3.63, 3.8) is 0 Å². The van der Waals surface area contributed by atoms with E-state index in [1.54, 1.807) is 7.11 Å². The largest absolute Gasteiger partial charge is 0.493 e. The maximum Gasteiger partial charge on any atom is 0.170 e. The van der Waals surface area contributed by atoms with E-state index in [1.807, 2.05) is 42.5 Å². The topological polar surface area (TPSA) is 18.5 Å². The molecule has 0 aliphatic rings. The predicted octanol–water partition coefficient (Wildman–Crippen LogP) is 5.76. The van der Waals surface area contributed by atoms with Crippen LogP contribution in [0.1, 0.15) is 18.4 Å². The van der Waals surface area contributed by atoms with Gasteiger partial charge in [-0.05, 0) is 49.1 Å². The highest BCUT2D eigenvalue weighted by Gasteiger charge is 2.09. The van der Waals surface area contributed by atoms with Crippen LogP contribution in [-0.2, 0) is 6.42 Å². The van der Waals surface area contributed by atoms with Crippen LogP contribution in [-0.4, -0.2) is 7.11 Å². The van der Waals surface area contributed by atoms with Crippen molar-refractivity contribution in [3.05, 3.63) is 65.2 Å². The molecule has 110 valence electrons. The Hall–Kier alpha value is -1.74. The van der Waals surface area contributed by atoms with Gasteiger partial charge in [-0.15, -0.1) is 6.58 Å². The lowest BCUT2D eigenvalue weighted by Crippen LogP contribution is -1.94. The lowest BCUT2D eigenvalue weighted by molar-refractivity contribution is 0.377. The molecule has 0 unspecified atom stereocenters. The molecule has 2 aromatic carbocycles. The van der Waals surface area contributed by atoms with Crippen LogP contribution in [0, 0.1) is 0 Å². The number of aryl methyl sites for hydroxylation is 1. The molecule has 0 amide bonds. The minimum atomic E-state index is 0.711. The maximum atomic E-state index is 6.06. The van der Waals surface area contributed by atoms with Crippen molar-refractivity contribution in [2.45, 2.75) is 19.3 Å². The first-order valence-corrected chi connectivity index (χ1v) is 7.74. The summed E-state index contributed by atoms with van der Waals surface area (Å²) in [5.41, 5.74) is 1.20. The molecule has 0 radical (unpaired) electrons. The van der Waals surface area contributed by atoms with Crippen LogP contribution in [0.2, 0.25) is 0 Å². The molecular weight excluding hydrogens is 328 g/mol. The first kappa shape index (κ1) is 15.6. The number of benzene rings is 2. The summed E-state index contributed by atoms with van der Waals surface area (Å²) in [6.45, 7) is 3.76. The van der Waals surface area contributed by atoms with Gasteiger partial charge in [0.05, 0.1) is 7.11 Å². The van der Waals surface area contributed by atoms with E-state index < -0.39 is 0 Å². The second-order valence-electron chi connectivity index (χ2n) is 4.69. The van der Waals surface area contributed by atoms with Gasteiger partial charge in [-0.2, -0.15) is 0 Å². The molecule has 0 N–H and O–H groups in total. The normalized spacial score (nSPS) is 10.2. The van der Waals surface area contributed by atoms with E-state index in [0.717, 1.165) is 35.2 Å². The van der Waals surface area contributed by atoms with Crippen molar-refractivity contribution in [1.82, 2.24) is 0 Å². The van der Waals surface area contributed by atoms with Gasteiger partial charge in [-0.1, -0.05) is 40.2 Å². The van der Waals surface area contributed by atoms with Gasteiger partial charge < -0.3 is 9.47 Å². The van der Waals surface area contributed by atoms with Gasteiger partial charge in [0.1, 0.15) is 5.75 Å². The van der Waals surface area contributed by atoms with E-state index >= 15 is 0 Å². The number of methoxy groups -OCH3 is 1. The fraction of sp³-hybridized carbons (Fsp3) is 0.222. The van der Waals surface area contributed by atoms with Gasteiger partial charge in [0.2, 0.25) is 0 Å². The summed E-state index contributed by atoms with van der Waals surface area (Å²) in [6.07, 6.45) is 4.99. The van der Waals surface area contributed by atoms with E-state index in [0.29, 0.717) is 5.75 Å². The number of hydrogen-bond acceptors (Lipinski definition) is 2. The molecule has 0 atom stereocenters. The Labute approximate surface area is 134 Å². The Kier molecular flexibility index (Phi) is 5.88. The van der Waals surface area contributed by atoms with E-state index in [4.69, 9.17) is 9.47 Å². The highest BCUT2D eigenvalue weighted by molar-refractivity contribution is 9.10. The number of halogens is 1. The molecule has 0 heterocycles. The summed E-state index contributed by atoms with van der Waals surface area (Å²) in [6, 6.07) is 13.8. The van der Waals surface area contributed by atoms with Crippen molar-refractivity contribution >= 4 is 15.9 Å². The molecule has 0 bridgehead atoms. The summed E-state index contributed by atoms with van der Waals surface area (Å²) < 4.78 is 12.4. The van der Waals surface area contributed by atoms with Crippen LogP contribution in [0.5, 0.6) is 17.2 Å². The van der Waals surface area contributed by atoms with Gasteiger partial charge in [0, 0.05) is 4.47 Å². The zero-order valence-corrected chi connectivity index (χ0v) is 13.7. The van der Waals surface area contributed by atoms with E-state index in [2.05, 4.69) is 28.6 Å². The molecule has 0 saturated heterocycles. The quantitative estimate of drug-likeness (QED) is 0.468. The van der Waals surface area contributed by atoms with E-state index in [1.165, 1.54) is 5.56 Å². The number of allylic oxidation sites excluding steroid dienone is 1. The lowest BCUT2D eigenvalue weighted by atomic mass is 10.1. The SMILES string of the molecule is C=CCCCc1ccccc1Oc1cc(Br)ccc1OC. The smallest absolute Gasteiger partial charge is 0.170 e. The summed E-state index contributed by atoms with van der Waals surface area (Å²) >= 11 is 3.46. The molecule has 2 aromatic rings. The third kappa shape index (κ3) is 4.36. The molecule has 21 heavy (non-hydrogen) atoms. The molecule has 0 aliphatic carbocycles. The zero-order chi connectivity index (χ0) is 15.1. The van der Waals surface area contributed by atoms with Crippen molar-refractivity contribution in [2.75, 3.05) is 7.11 Å². The first-order valence-electron chi connectivity index (χ1n) is 6.95. The molecule has 0 aromatic heterocycles. The van der Waals surface area contributed by atoms with Crippen molar-refractivity contribution < 1.29 is 9.47 Å². The second-order valence-corrected chi connectivity index (χ2v) is 5.60. The monoisotopic (exact) mass is 346 g/mol. The third-order valence-corrected chi connectivity index (χ3v) is 3.67. The maximum absolute atomic E-state index is 6.06. The predicted molar refractivity (Wildman–Crippen MR) is 90.3 cm³/mol.